The Morgan fingerprint density at radius 2 is 2.10 bits per heavy atom. The maximum absolute atomic E-state index is 4.69. The topological polar surface area (TPSA) is 28.2 Å². The monoisotopic (exact) mass is 289 g/mol. The summed E-state index contributed by atoms with van der Waals surface area (Å²) < 4.78 is 0. The van der Waals surface area contributed by atoms with E-state index in [0.29, 0.717) is 0 Å². The van der Waals surface area contributed by atoms with E-state index in [2.05, 4.69) is 65.7 Å². The first kappa shape index (κ1) is 15.0. The van der Waals surface area contributed by atoms with Crippen molar-refractivity contribution in [1.82, 2.24) is 10.3 Å². The maximum Gasteiger partial charge on any atom is 0.185 e. The van der Waals surface area contributed by atoms with Crippen molar-refractivity contribution in [3.05, 3.63) is 46.5 Å². The van der Waals surface area contributed by atoms with Gasteiger partial charge in [-0.2, -0.15) is 0 Å². The molecule has 0 amide bonds. The molecule has 0 aliphatic rings. The van der Waals surface area contributed by atoms with Crippen LogP contribution in [0.3, 0.4) is 0 Å². The highest BCUT2D eigenvalue weighted by molar-refractivity contribution is 7.13. The molecule has 0 aliphatic carbocycles. The van der Waals surface area contributed by atoms with Gasteiger partial charge in [0, 0.05) is 25.5 Å². The summed E-state index contributed by atoms with van der Waals surface area (Å²) in [5.41, 5.74) is 3.83. The third-order valence-electron chi connectivity index (χ3n) is 3.27. The number of benzene rings is 1. The van der Waals surface area contributed by atoms with Gasteiger partial charge in [-0.1, -0.05) is 31.2 Å². The molecule has 0 radical (unpaired) electrons. The molecule has 3 nitrogen and oxygen atoms in total. The van der Waals surface area contributed by atoms with Crippen LogP contribution >= 0.6 is 11.3 Å². The van der Waals surface area contributed by atoms with Crippen molar-refractivity contribution >= 4 is 16.5 Å². The molecule has 0 bridgehead atoms. The van der Waals surface area contributed by atoms with Crippen molar-refractivity contribution in [3.63, 3.8) is 0 Å². The third-order valence-corrected chi connectivity index (χ3v) is 4.27. The van der Waals surface area contributed by atoms with Gasteiger partial charge in [-0.15, -0.1) is 11.3 Å². The van der Waals surface area contributed by atoms with Crippen molar-refractivity contribution < 1.29 is 0 Å². The lowest BCUT2D eigenvalue weighted by Crippen LogP contribution is -2.17. The lowest BCUT2D eigenvalue weighted by Gasteiger charge is -2.17. The van der Waals surface area contributed by atoms with Gasteiger partial charge < -0.3 is 10.2 Å². The van der Waals surface area contributed by atoms with Crippen molar-refractivity contribution in [1.29, 1.82) is 0 Å². The Morgan fingerprint density at radius 3 is 2.85 bits per heavy atom. The first-order valence-electron chi connectivity index (χ1n) is 7.11. The number of thiazole rings is 1. The Morgan fingerprint density at radius 1 is 1.30 bits per heavy atom. The van der Waals surface area contributed by atoms with Crippen molar-refractivity contribution in [2.45, 2.75) is 33.4 Å². The van der Waals surface area contributed by atoms with Gasteiger partial charge in [0.2, 0.25) is 0 Å². The lowest BCUT2D eigenvalue weighted by atomic mass is 10.1. The van der Waals surface area contributed by atoms with E-state index in [1.165, 1.54) is 11.1 Å². The van der Waals surface area contributed by atoms with E-state index in [1.807, 2.05) is 0 Å². The number of hydrogen-bond donors (Lipinski definition) is 1. The normalized spacial score (nSPS) is 10.8. The minimum atomic E-state index is 0.864. The van der Waals surface area contributed by atoms with E-state index in [4.69, 9.17) is 0 Å². The molecule has 20 heavy (non-hydrogen) atoms. The van der Waals surface area contributed by atoms with Crippen LogP contribution < -0.4 is 10.2 Å². The molecule has 2 aromatic rings. The minimum absolute atomic E-state index is 0.864. The van der Waals surface area contributed by atoms with Crippen molar-refractivity contribution in [3.8, 4) is 0 Å². The molecule has 0 saturated carbocycles. The third kappa shape index (κ3) is 4.05. The van der Waals surface area contributed by atoms with Crippen LogP contribution in [-0.2, 0) is 13.1 Å². The average Bonchev–Trinajstić information content (AvgIpc) is 2.91. The van der Waals surface area contributed by atoms with E-state index in [-0.39, 0.29) is 0 Å². The van der Waals surface area contributed by atoms with Crippen LogP contribution in [0.15, 0.2) is 29.6 Å². The summed E-state index contributed by atoms with van der Waals surface area (Å²) in [4.78, 5) is 6.91. The molecule has 4 heteroatoms. The van der Waals surface area contributed by atoms with Gasteiger partial charge in [0.1, 0.15) is 0 Å². The number of nitrogens with zero attached hydrogens (tertiary/aromatic N) is 2. The number of aromatic nitrogens is 1. The van der Waals surface area contributed by atoms with Crippen LogP contribution in [-0.4, -0.2) is 18.6 Å². The highest BCUT2D eigenvalue weighted by atomic mass is 32.1. The summed E-state index contributed by atoms with van der Waals surface area (Å²) in [6, 6.07) is 8.52. The predicted molar refractivity (Wildman–Crippen MR) is 87.4 cm³/mol. The zero-order chi connectivity index (χ0) is 14.4. The van der Waals surface area contributed by atoms with E-state index in [9.17, 15) is 0 Å². The maximum atomic E-state index is 4.69. The molecule has 1 N–H and O–H groups in total. The minimum Gasteiger partial charge on any atom is -0.347 e. The van der Waals surface area contributed by atoms with Gasteiger partial charge in [-0.05, 0) is 31.0 Å². The van der Waals surface area contributed by atoms with Crippen LogP contribution in [0.5, 0.6) is 0 Å². The number of rotatable bonds is 7. The van der Waals surface area contributed by atoms with Gasteiger partial charge in [-0.3, -0.25) is 0 Å². The summed E-state index contributed by atoms with van der Waals surface area (Å²) in [5.74, 6) is 0. The number of nitrogens with one attached hydrogen (secondary N) is 1. The molecular formula is C16H23N3S. The van der Waals surface area contributed by atoms with Gasteiger partial charge in [0.25, 0.3) is 0 Å². The molecular weight excluding hydrogens is 266 g/mol. The molecule has 0 aliphatic heterocycles. The Bertz CT molecular complexity index is 536. The second-order valence-electron chi connectivity index (χ2n) is 5.08. The fourth-order valence-corrected chi connectivity index (χ4v) is 2.85. The second kappa shape index (κ2) is 7.41. The first-order valence-corrected chi connectivity index (χ1v) is 7.99. The summed E-state index contributed by atoms with van der Waals surface area (Å²) in [6.45, 7) is 7.15. The molecule has 0 fully saturated rings. The Kier molecular flexibility index (Phi) is 5.56. The summed E-state index contributed by atoms with van der Waals surface area (Å²) >= 11 is 1.72. The fourth-order valence-electron chi connectivity index (χ4n) is 2.06. The predicted octanol–water partition coefficient (Wildman–Crippen LogP) is 3.59. The summed E-state index contributed by atoms with van der Waals surface area (Å²) in [6.07, 6.45) is 1.16. The fraction of sp³-hybridized carbons (Fsp3) is 0.438. The lowest BCUT2D eigenvalue weighted by molar-refractivity contribution is 0.666. The van der Waals surface area contributed by atoms with Crippen LogP contribution in [0.4, 0.5) is 5.13 Å². The largest absolute Gasteiger partial charge is 0.347 e. The van der Waals surface area contributed by atoms with E-state index in [0.717, 1.165) is 36.9 Å². The van der Waals surface area contributed by atoms with Gasteiger partial charge in [-0.25, -0.2) is 4.98 Å². The van der Waals surface area contributed by atoms with Crippen molar-refractivity contribution in [2.24, 2.45) is 0 Å². The Hall–Kier alpha value is -1.39. The smallest absolute Gasteiger partial charge is 0.185 e. The Labute approximate surface area is 125 Å². The highest BCUT2D eigenvalue weighted by Gasteiger charge is 2.08. The molecule has 1 heterocycles. The standard InChI is InChI=1S/C16H23N3S/c1-4-9-17-10-15-12-20-16(18-15)19(3)11-14-8-6-5-7-13(14)2/h5-8,12,17H,4,9-11H2,1-3H3. The first-order chi connectivity index (χ1) is 9.70. The zero-order valence-corrected chi connectivity index (χ0v) is 13.3. The second-order valence-corrected chi connectivity index (χ2v) is 5.92. The molecule has 0 atom stereocenters. The SMILES string of the molecule is CCCNCc1csc(N(C)Cc2ccccc2C)n1. The molecule has 0 spiro atoms. The van der Waals surface area contributed by atoms with Gasteiger partial charge >= 0.3 is 0 Å². The molecule has 0 saturated heterocycles. The van der Waals surface area contributed by atoms with Gasteiger partial charge in [0.15, 0.2) is 5.13 Å². The molecule has 1 aromatic heterocycles. The Balaban J connectivity index is 1.96. The molecule has 1 aromatic carbocycles. The summed E-state index contributed by atoms with van der Waals surface area (Å²) in [5, 5.41) is 6.62. The zero-order valence-electron chi connectivity index (χ0n) is 12.5. The number of anilines is 1. The van der Waals surface area contributed by atoms with Crippen molar-refractivity contribution in [2.75, 3.05) is 18.5 Å². The van der Waals surface area contributed by atoms with Crippen LogP contribution in [0, 0.1) is 6.92 Å². The van der Waals surface area contributed by atoms with Crippen LogP contribution in [0.25, 0.3) is 0 Å². The van der Waals surface area contributed by atoms with Crippen LogP contribution in [0.1, 0.15) is 30.2 Å². The van der Waals surface area contributed by atoms with E-state index in [1.54, 1.807) is 11.3 Å². The van der Waals surface area contributed by atoms with Crippen LogP contribution in [0.2, 0.25) is 0 Å². The molecule has 2 rings (SSSR count). The van der Waals surface area contributed by atoms with E-state index < -0.39 is 0 Å². The molecule has 108 valence electrons. The van der Waals surface area contributed by atoms with E-state index >= 15 is 0 Å². The number of hydrogen-bond acceptors (Lipinski definition) is 4. The quantitative estimate of drug-likeness (QED) is 0.790. The highest BCUT2D eigenvalue weighted by Crippen LogP contribution is 2.21. The number of aryl methyl sites for hydroxylation is 1. The average molecular weight is 289 g/mol. The molecule has 0 unspecified atom stereocenters. The summed E-state index contributed by atoms with van der Waals surface area (Å²) in [7, 11) is 2.11. The van der Waals surface area contributed by atoms with Gasteiger partial charge in [0.05, 0.1) is 5.69 Å².